The molecule has 0 fully saturated rings. The molecule has 0 unspecified atom stereocenters. The van der Waals surface area contributed by atoms with E-state index < -0.39 is 0 Å². The van der Waals surface area contributed by atoms with Crippen molar-refractivity contribution in [2.45, 2.75) is 68.7 Å². The molecule has 0 saturated carbocycles. The smallest absolute Gasteiger partial charge is 0.0402 e. The average molecular weight is 318 g/mol. The van der Waals surface area contributed by atoms with Crippen molar-refractivity contribution in [1.29, 1.82) is 0 Å². The maximum absolute atomic E-state index is 3.00. The molecule has 0 radical (unpaired) electrons. The molecule has 1 heteroatoms. The quantitative estimate of drug-likeness (QED) is 0.493. The van der Waals surface area contributed by atoms with E-state index in [-0.39, 0.29) is 5.41 Å². The second-order valence-corrected chi connectivity index (χ2v) is 5.69. The largest absolute Gasteiger partial charge is 0.345 e. The molecule has 1 nitrogen and oxygen atoms in total. The van der Waals surface area contributed by atoms with Gasteiger partial charge in [0.1, 0.15) is 0 Å². The van der Waals surface area contributed by atoms with Gasteiger partial charge in [-0.2, -0.15) is 0 Å². The highest BCUT2D eigenvalue weighted by molar-refractivity contribution is 5.46. The van der Waals surface area contributed by atoms with Gasteiger partial charge in [-0.15, -0.1) is 13.2 Å². The third-order valence-electron chi connectivity index (χ3n) is 4.24. The lowest BCUT2D eigenvalue weighted by molar-refractivity contribution is 0.388. The van der Waals surface area contributed by atoms with Crippen molar-refractivity contribution < 1.29 is 0 Å². The second kappa shape index (κ2) is 12.0. The zero-order valence-corrected chi connectivity index (χ0v) is 17.1. The summed E-state index contributed by atoms with van der Waals surface area (Å²) in [5.41, 5.74) is 5.75. The van der Waals surface area contributed by atoms with Gasteiger partial charge < -0.3 is 4.90 Å². The highest BCUT2D eigenvalue weighted by atomic mass is 15.1. The maximum atomic E-state index is 3.00. The molecule has 0 bridgehead atoms. The summed E-state index contributed by atoms with van der Waals surface area (Å²) < 4.78 is 0. The summed E-state index contributed by atoms with van der Waals surface area (Å²) in [7, 11) is 0. The van der Waals surface area contributed by atoms with Crippen molar-refractivity contribution in [2.24, 2.45) is 5.41 Å². The number of likely N-dealkylation sites (N-methyl/N-ethyl adjacent to an activating group) is 1. The summed E-state index contributed by atoms with van der Waals surface area (Å²) in [5, 5.41) is 0. The van der Waals surface area contributed by atoms with Gasteiger partial charge in [0, 0.05) is 23.4 Å². The van der Waals surface area contributed by atoms with Crippen LogP contribution in [0.5, 0.6) is 0 Å². The van der Waals surface area contributed by atoms with E-state index in [1.807, 2.05) is 13.8 Å². The third kappa shape index (κ3) is 5.57. The van der Waals surface area contributed by atoms with Crippen molar-refractivity contribution in [1.82, 2.24) is 4.90 Å². The first-order valence-electron chi connectivity index (χ1n) is 8.91. The molecule has 0 N–H and O–H groups in total. The fourth-order valence-electron chi connectivity index (χ4n) is 2.85. The number of rotatable bonds is 4. The van der Waals surface area contributed by atoms with Gasteiger partial charge in [0.2, 0.25) is 0 Å². The highest BCUT2D eigenvalue weighted by Gasteiger charge is 2.33. The molecule has 0 aromatic carbocycles. The number of nitrogens with zero attached hydrogens (tertiary/aromatic N) is 1. The Hall–Kier alpha value is -1.50. The van der Waals surface area contributed by atoms with E-state index in [1.165, 1.54) is 22.5 Å². The van der Waals surface area contributed by atoms with Gasteiger partial charge in [-0.1, -0.05) is 52.8 Å². The lowest BCUT2D eigenvalue weighted by atomic mass is 9.73. The summed E-state index contributed by atoms with van der Waals surface area (Å²) >= 11 is 0. The minimum atomic E-state index is 0.107. The zero-order valence-electron chi connectivity index (χ0n) is 17.1. The van der Waals surface area contributed by atoms with Crippen LogP contribution in [0.2, 0.25) is 0 Å². The normalized spacial score (nSPS) is 17.2. The summed E-state index contributed by atoms with van der Waals surface area (Å²) in [6, 6.07) is 0. The van der Waals surface area contributed by atoms with Crippen LogP contribution in [0, 0.1) is 5.41 Å². The van der Waals surface area contributed by atoms with Gasteiger partial charge >= 0.3 is 0 Å². The first-order valence-corrected chi connectivity index (χ1v) is 8.91. The second-order valence-electron chi connectivity index (χ2n) is 5.69. The van der Waals surface area contributed by atoms with E-state index in [4.69, 9.17) is 0 Å². The van der Waals surface area contributed by atoms with Crippen LogP contribution in [0.15, 0.2) is 60.0 Å². The first kappa shape index (κ1) is 23.8. The zero-order chi connectivity index (χ0) is 18.6. The van der Waals surface area contributed by atoms with Crippen LogP contribution in [0.1, 0.15) is 68.7 Å². The predicted octanol–water partition coefficient (Wildman–Crippen LogP) is 7.27. The molecule has 0 aliphatic carbocycles. The molecule has 0 aromatic heterocycles. The SMILES string of the molecule is C/C=C\C1=C(C)C(C)(C)C(/C=C\CC)=C(C)N1CC.C=C.CC. The van der Waals surface area contributed by atoms with Crippen LogP contribution in [-0.2, 0) is 0 Å². The van der Waals surface area contributed by atoms with Gasteiger partial charge in [0.05, 0.1) is 0 Å². The lowest BCUT2D eigenvalue weighted by Gasteiger charge is -2.42. The standard InChI is InChI=1S/C18H29N.C2H6.C2H4/c1-8-11-13-16-15(5)19(10-3)17(12-9-2)14(4)18(16,6)7;2*1-2/h9,11-13H,8,10H2,1-7H3;1-2H3;1-2H2/b12-9-,13-11-;;. The van der Waals surface area contributed by atoms with E-state index in [0.29, 0.717) is 0 Å². The van der Waals surface area contributed by atoms with Crippen LogP contribution in [0.25, 0.3) is 0 Å². The van der Waals surface area contributed by atoms with Crippen molar-refractivity contribution in [3.8, 4) is 0 Å². The molecule has 1 rings (SSSR count). The van der Waals surface area contributed by atoms with E-state index >= 15 is 0 Å². The summed E-state index contributed by atoms with van der Waals surface area (Å²) in [6.45, 7) is 26.7. The van der Waals surface area contributed by atoms with Crippen molar-refractivity contribution in [2.75, 3.05) is 6.54 Å². The molecule has 1 heterocycles. The van der Waals surface area contributed by atoms with Gasteiger partial charge in [-0.3, -0.25) is 0 Å². The summed E-state index contributed by atoms with van der Waals surface area (Å²) in [4.78, 5) is 2.43. The molecule has 0 aromatic rings. The Labute approximate surface area is 146 Å². The van der Waals surface area contributed by atoms with E-state index in [2.05, 4.69) is 90.8 Å². The first-order chi connectivity index (χ1) is 10.9. The van der Waals surface area contributed by atoms with E-state index in [9.17, 15) is 0 Å². The highest BCUT2D eigenvalue weighted by Crippen LogP contribution is 2.44. The summed E-state index contributed by atoms with van der Waals surface area (Å²) in [5.74, 6) is 0. The predicted molar refractivity (Wildman–Crippen MR) is 108 cm³/mol. The van der Waals surface area contributed by atoms with Gasteiger partial charge in [0.15, 0.2) is 0 Å². The molecule has 0 atom stereocenters. The van der Waals surface area contributed by atoms with Crippen LogP contribution in [0.4, 0.5) is 0 Å². The lowest BCUT2D eigenvalue weighted by Crippen LogP contribution is -2.33. The van der Waals surface area contributed by atoms with Crippen molar-refractivity contribution in [3.05, 3.63) is 60.0 Å². The number of hydrogen-bond acceptors (Lipinski definition) is 1. The molecular formula is C22H39N. The molecule has 0 amide bonds. The van der Waals surface area contributed by atoms with Crippen molar-refractivity contribution >= 4 is 0 Å². The Morgan fingerprint density at radius 3 is 1.96 bits per heavy atom. The summed E-state index contributed by atoms with van der Waals surface area (Å²) in [6.07, 6.45) is 10.0. The molecule has 0 saturated heterocycles. The number of allylic oxidation sites excluding steroid dienone is 7. The van der Waals surface area contributed by atoms with Gasteiger partial charge in [-0.05, 0) is 51.3 Å². The Morgan fingerprint density at radius 1 is 1.04 bits per heavy atom. The van der Waals surface area contributed by atoms with Crippen LogP contribution in [-0.4, -0.2) is 11.4 Å². The fourth-order valence-corrected chi connectivity index (χ4v) is 2.85. The van der Waals surface area contributed by atoms with E-state index in [1.54, 1.807) is 0 Å². The average Bonchev–Trinajstić information content (AvgIpc) is 2.57. The van der Waals surface area contributed by atoms with E-state index in [0.717, 1.165) is 13.0 Å². The fraction of sp³-hybridized carbons (Fsp3) is 0.545. The third-order valence-corrected chi connectivity index (χ3v) is 4.24. The molecule has 0 spiro atoms. The number of hydrogen-bond donors (Lipinski definition) is 0. The van der Waals surface area contributed by atoms with Crippen molar-refractivity contribution in [3.63, 3.8) is 0 Å². The molecule has 23 heavy (non-hydrogen) atoms. The molecular weight excluding hydrogens is 278 g/mol. The van der Waals surface area contributed by atoms with Crippen LogP contribution >= 0.6 is 0 Å². The monoisotopic (exact) mass is 317 g/mol. The Kier molecular flexibility index (Phi) is 12.4. The van der Waals surface area contributed by atoms with Crippen LogP contribution in [0.3, 0.4) is 0 Å². The maximum Gasteiger partial charge on any atom is 0.0402 e. The molecule has 1 aliphatic rings. The van der Waals surface area contributed by atoms with Gasteiger partial charge in [0.25, 0.3) is 0 Å². The van der Waals surface area contributed by atoms with Crippen LogP contribution < -0.4 is 0 Å². The minimum Gasteiger partial charge on any atom is -0.345 e. The minimum absolute atomic E-state index is 0.107. The Balaban J connectivity index is 0. The topological polar surface area (TPSA) is 3.24 Å². The van der Waals surface area contributed by atoms with Gasteiger partial charge in [-0.25, -0.2) is 0 Å². The Morgan fingerprint density at radius 2 is 1.57 bits per heavy atom. The molecule has 132 valence electrons. The molecule has 1 aliphatic heterocycles. The Bertz CT molecular complexity index is 458.